The van der Waals surface area contributed by atoms with Crippen LogP contribution in [0.3, 0.4) is 0 Å². The molecule has 1 amide bonds. The van der Waals surface area contributed by atoms with E-state index in [0.29, 0.717) is 139 Å². The van der Waals surface area contributed by atoms with Gasteiger partial charge in [-0.15, -0.1) is 0 Å². The number of hydrogen-bond acceptors (Lipinski definition) is 13. The third-order valence-electron chi connectivity index (χ3n) is 14.2. The van der Waals surface area contributed by atoms with E-state index in [2.05, 4.69) is 50.5 Å². The molecule has 0 aliphatic carbocycles. The molecule has 404 valence electrons. The maximum Gasteiger partial charge on any atom is 0.317 e. The Morgan fingerprint density at radius 2 is 1.12 bits per heavy atom. The van der Waals surface area contributed by atoms with Crippen LogP contribution in [0.25, 0.3) is 67.1 Å². The van der Waals surface area contributed by atoms with Gasteiger partial charge in [0.2, 0.25) is 5.91 Å². The molecule has 4 aliphatic heterocycles. The van der Waals surface area contributed by atoms with E-state index in [-0.39, 0.29) is 17.8 Å². The van der Waals surface area contributed by atoms with Gasteiger partial charge in [-0.1, -0.05) is 13.8 Å². The van der Waals surface area contributed by atoms with Gasteiger partial charge < -0.3 is 45.0 Å². The fourth-order valence-electron chi connectivity index (χ4n) is 10.2. The lowest BCUT2D eigenvalue weighted by molar-refractivity contribution is -0.139. The van der Waals surface area contributed by atoms with E-state index in [4.69, 9.17) is 14.6 Å². The van der Waals surface area contributed by atoms with Crippen molar-refractivity contribution in [2.75, 3.05) is 78.8 Å². The molecule has 2 saturated heterocycles. The largest absolute Gasteiger partial charge is 0.505 e. The third-order valence-corrected chi connectivity index (χ3v) is 14.2. The molecule has 8 N–H and O–H groups in total. The number of carbonyl (C=O) groups is 2. The van der Waals surface area contributed by atoms with Gasteiger partial charge in [0.1, 0.15) is 23.0 Å². The zero-order valence-corrected chi connectivity index (χ0v) is 42.5. The SMILES string of the molecule is CCc1cc(O)c(F)cc1-c1cc(F)c2c(-c3nc4c([nH]3)CN(C(=O)CN3CCOCC3)CC4)n[nH]c2c1.CCc1cc(O)c(F)cc1-c1cc(F)c2c(-c3nc4c([nH]3)CNCC4)n[nH]c2c1.O=C(O)CN1CCOCC1. The molecule has 4 aromatic carbocycles. The van der Waals surface area contributed by atoms with Crippen molar-refractivity contribution in [3.05, 3.63) is 106 Å². The Bertz CT molecular complexity index is 3450. The molecule has 0 spiro atoms. The number of rotatable bonds is 10. The number of aromatic hydroxyl groups is 2. The van der Waals surface area contributed by atoms with Crippen molar-refractivity contribution in [2.24, 2.45) is 0 Å². The monoisotopic (exact) mass is 1060 g/mol. The third kappa shape index (κ3) is 11.4. The lowest BCUT2D eigenvalue weighted by atomic mass is 9.96. The van der Waals surface area contributed by atoms with E-state index in [0.717, 1.165) is 67.5 Å². The van der Waals surface area contributed by atoms with Crippen LogP contribution in [-0.2, 0) is 57.8 Å². The van der Waals surface area contributed by atoms with Crippen molar-refractivity contribution in [2.45, 2.75) is 52.6 Å². The van der Waals surface area contributed by atoms with Crippen molar-refractivity contribution in [3.8, 4) is 56.8 Å². The molecule has 0 atom stereocenters. The summed E-state index contributed by atoms with van der Waals surface area (Å²) >= 11 is 0. The standard InChI is InChI=1S/C27H28F2N6O3.C21H19F2N5O.C6H11NO3/c1-2-15-11-23(36)18(28)12-17(15)16-9-19(29)25-21(10-16)32-33-26(25)27-30-20-3-4-35(13-22(20)31-27)24(37)14-34-5-7-38-8-6-34;1-2-10-7-18(29)13(22)8-12(10)11-5-14(23)19-16(6-11)27-28-20(19)21-25-15-3-4-24-9-17(15)26-21;8-6(9)5-7-1-3-10-4-2-7/h9-12,36H,2-8,13-14H2,1H3,(H,30,31)(H,32,33);5-8,24,29H,2-4,9H2,1H3,(H,25,26)(H,27,28);1-5H2,(H,8,9). The molecular weight excluding hydrogens is 1000 g/mol. The highest BCUT2D eigenvalue weighted by molar-refractivity contribution is 5.96. The van der Waals surface area contributed by atoms with Gasteiger partial charge in [-0.3, -0.25) is 29.6 Å². The van der Waals surface area contributed by atoms with E-state index >= 15 is 8.78 Å². The van der Waals surface area contributed by atoms with E-state index in [1.54, 1.807) is 12.1 Å². The number of aromatic amines is 4. The minimum atomic E-state index is -0.762. The predicted molar refractivity (Wildman–Crippen MR) is 277 cm³/mol. The molecule has 8 aromatic rings. The van der Waals surface area contributed by atoms with Gasteiger partial charge in [0.25, 0.3) is 0 Å². The minimum absolute atomic E-state index is 0.0645. The van der Waals surface area contributed by atoms with Crippen LogP contribution in [0.15, 0.2) is 48.5 Å². The van der Waals surface area contributed by atoms with Gasteiger partial charge in [-0.25, -0.2) is 27.5 Å². The van der Waals surface area contributed by atoms with Crippen molar-refractivity contribution in [1.29, 1.82) is 0 Å². The summed E-state index contributed by atoms with van der Waals surface area (Å²) in [5, 5.41) is 46.0. The highest BCUT2D eigenvalue weighted by Gasteiger charge is 2.28. The average Bonchev–Trinajstić information content (AvgIpc) is 4.31. The fraction of sp³-hybridized carbons (Fsp3) is 0.370. The first-order valence-corrected chi connectivity index (χ1v) is 25.6. The molecule has 12 rings (SSSR count). The maximum absolute atomic E-state index is 15.5. The van der Waals surface area contributed by atoms with Crippen LogP contribution >= 0.6 is 0 Å². The lowest BCUT2D eigenvalue weighted by Crippen LogP contribution is -2.46. The summed E-state index contributed by atoms with van der Waals surface area (Å²) in [6.07, 6.45) is 2.53. The summed E-state index contributed by atoms with van der Waals surface area (Å²) in [5.74, 6) is -3.07. The topological polar surface area (TPSA) is 250 Å². The number of nitrogens with zero attached hydrogens (tertiary/aromatic N) is 7. The number of aryl methyl sites for hydroxylation is 2. The molecular formula is C54H58F4N12O7. The molecule has 23 heteroatoms. The molecule has 77 heavy (non-hydrogen) atoms. The van der Waals surface area contributed by atoms with Crippen LogP contribution < -0.4 is 5.32 Å². The van der Waals surface area contributed by atoms with Crippen molar-refractivity contribution in [3.63, 3.8) is 0 Å². The number of benzene rings is 4. The first-order chi connectivity index (χ1) is 37.2. The zero-order chi connectivity index (χ0) is 53.9. The molecule has 0 unspecified atom stereocenters. The number of ether oxygens (including phenoxy) is 2. The van der Waals surface area contributed by atoms with Gasteiger partial charge in [0.15, 0.2) is 34.8 Å². The smallest absolute Gasteiger partial charge is 0.317 e. The van der Waals surface area contributed by atoms with Gasteiger partial charge >= 0.3 is 5.97 Å². The molecule has 0 saturated carbocycles. The molecule has 19 nitrogen and oxygen atoms in total. The summed E-state index contributed by atoms with van der Waals surface area (Å²) in [4.78, 5) is 44.6. The Morgan fingerprint density at radius 1 is 0.623 bits per heavy atom. The van der Waals surface area contributed by atoms with Crippen LogP contribution in [0.1, 0.15) is 47.8 Å². The Morgan fingerprint density at radius 3 is 1.61 bits per heavy atom. The lowest BCUT2D eigenvalue weighted by Gasteiger charge is -2.31. The van der Waals surface area contributed by atoms with Crippen LogP contribution in [-0.4, -0.2) is 161 Å². The number of amides is 1. The molecule has 8 heterocycles. The number of imidazole rings is 2. The second-order valence-electron chi connectivity index (χ2n) is 19.2. The van der Waals surface area contributed by atoms with Crippen molar-refractivity contribution in [1.82, 2.24) is 60.3 Å². The number of phenolic OH excluding ortho intramolecular Hbond substituents is 2. The average molecular weight is 1060 g/mol. The van der Waals surface area contributed by atoms with Crippen molar-refractivity contribution < 1.29 is 51.9 Å². The number of carboxylic acids is 1. The van der Waals surface area contributed by atoms with Gasteiger partial charge in [-0.2, -0.15) is 10.2 Å². The van der Waals surface area contributed by atoms with Crippen LogP contribution in [0.4, 0.5) is 17.6 Å². The number of hydrogen-bond donors (Lipinski definition) is 8. The fourth-order valence-corrected chi connectivity index (χ4v) is 10.2. The predicted octanol–water partition coefficient (Wildman–Crippen LogP) is 6.60. The second-order valence-corrected chi connectivity index (χ2v) is 19.2. The molecule has 0 radical (unpaired) electrons. The molecule has 4 aromatic heterocycles. The number of carbonyl (C=O) groups excluding carboxylic acids is 1. The van der Waals surface area contributed by atoms with E-state index in [9.17, 15) is 28.6 Å². The Hall–Kier alpha value is -7.70. The summed E-state index contributed by atoms with van der Waals surface area (Å²) in [7, 11) is 0. The molecule has 0 bridgehead atoms. The molecule has 2 fully saturated rings. The number of fused-ring (bicyclic) bond motifs is 4. The minimum Gasteiger partial charge on any atom is -0.505 e. The zero-order valence-electron chi connectivity index (χ0n) is 42.5. The van der Waals surface area contributed by atoms with Crippen LogP contribution in [0.5, 0.6) is 11.5 Å². The second kappa shape index (κ2) is 22.9. The first kappa shape index (κ1) is 52.7. The van der Waals surface area contributed by atoms with E-state index < -0.39 is 40.7 Å². The Kier molecular flexibility index (Phi) is 15.7. The van der Waals surface area contributed by atoms with Gasteiger partial charge in [0.05, 0.1) is 90.6 Å². The summed E-state index contributed by atoms with van der Waals surface area (Å²) in [6, 6.07) is 11.4. The normalized spacial score (nSPS) is 15.9. The summed E-state index contributed by atoms with van der Waals surface area (Å²) in [5.41, 5.74) is 8.82. The maximum atomic E-state index is 15.5. The van der Waals surface area contributed by atoms with E-state index in [1.165, 1.54) is 36.4 Å². The number of aliphatic carboxylic acids is 1. The highest BCUT2D eigenvalue weighted by Crippen LogP contribution is 2.38. The van der Waals surface area contributed by atoms with Crippen LogP contribution in [0.2, 0.25) is 0 Å². The molecule has 4 aliphatic rings. The number of carboxylic acid groups (broad SMARTS) is 1. The number of aromatic nitrogens is 8. The number of phenols is 2. The number of H-pyrrole nitrogens is 4. The Labute approximate surface area is 438 Å². The van der Waals surface area contributed by atoms with Gasteiger partial charge in [0, 0.05) is 58.7 Å². The first-order valence-electron chi connectivity index (χ1n) is 25.6. The number of nitrogens with one attached hydrogen (secondary N) is 5. The van der Waals surface area contributed by atoms with E-state index in [1.807, 2.05) is 23.6 Å². The summed E-state index contributed by atoms with van der Waals surface area (Å²) in [6.45, 7) is 12.4. The summed E-state index contributed by atoms with van der Waals surface area (Å²) < 4.78 is 69.1. The highest BCUT2D eigenvalue weighted by atomic mass is 19.1. The number of morpholine rings is 2. The quantitative estimate of drug-likeness (QED) is 0.0673. The van der Waals surface area contributed by atoms with Crippen molar-refractivity contribution >= 4 is 33.7 Å². The Balaban J connectivity index is 0.000000152. The number of halogens is 4. The van der Waals surface area contributed by atoms with Gasteiger partial charge in [-0.05, 0) is 94.8 Å². The van der Waals surface area contributed by atoms with Crippen LogP contribution in [0, 0.1) is 23.3 Å².